The molecule has 0 bridgehead atoms. The van der Waals surface area contributed by atoms with E-state index < -0.39 is 0 Å². The molecule has 0 aliphatic carbocycles. The van der Waals surface area contributed by atoms with Crippen LogP contribution < -0.4 is 5.32 Å². The summed E-state index contributed by atoms with van der Waals surface area (Å²) in [5, 5.41) is 2.99. The number of carbonyl (C=O) groups excluding carboxylic acids is 3. The Balaban J connectivity index is 1.34. The summed E-state index contributed by atoms with van der Waals surface area (Å²) >= 11 is 0. The van der Waals surface area contributed by atoms with E-state index in [1.807, 2.05) is 54.6 Å². The molecule has 0 saturated carbocycles. The second-order valence-electron chi connectivity index (χ2n) is 8.54. The predicted molar refractivity (Wildman–Crippen MR) is 126 cm³/mol. The molecule has 166 valence electrons. The Morgan fingerprint density at radius 1 is 0.788 bits per heavy atom. The molecule has 0 spiro atoms. The monoisotopic (exact) mass is 439 g/mol. The zero-order valence-electron chi connectivity index (χ0n) is 18.3. The molecule has 2 aliphatic rings. The molecule has 3 aromatic carbocycles. The number of rotatable bonds is 6. The van der Waals surface area contributed by atoms with E-state index in [1.54, 1.807) is 12.1 Å². The molecule has 0 aromatic heterocycles. The standard InChI is InChI=1S/C27H25N3O3/c31-25(28-24-11-5-4-10-21(24)18-29-14-6-7-15-29)20-12-13-22-23(16-20)27(33)30(26(22)32)17-19-8-2-1-3-9-19/h1-5,8-13,16H,6-7,14-15,17-18H2,(H,28,31). The number of nitrogens with one attached hydrogen (secondary N) is 1. The normalized spacial score (nSPS) is 15.7. The van der Waals surface area contributed by atoms with Crippen LogP contribution in [0.25, 0.3) is 0 Å². The fourth-order valence-electron chi connectivity index (χ4n) is 4.50. The van der Waals surface area contributed by atoms with Gasteiger partial charge < -0.3 is 5.32 Å². The van der Waals surface area contributed by atoms with Crippen LogP contribution in [0.4, 0.5) is 5.69 Å². The first kappa shape index (κ1) is 21.1. The Bertz CT molecular complexity index is 1220. The molecule has 1 N–H and O–H groups in total. The number of benzene rings is 3. The van der Waals surface area contributed by atoms with Gasteiger partial charge >= 0.3 is 0 Å². The minimum absolute atomic E-state index is 0.207. The second kappa shape index (κ2) is 9.00. The van der Waals surface area contributed by atoms with E-state index in [4.69, 9.17) is 0 Å². The highest BCUT2D eigenvalue weighted by molar-refractivity contribution is 6.22. The zero-order valence-corrected chi connectivity index (χ0v) is 18.3. The highest BCUT2D eigenvalue weighted by Crippen LogP contribution is 2.27. The van der Waals surface area contributed by atoms with Gasteiger partial charge in [0.15, 0.2) is 0 Å². The lowest BCUT2D eigenvalue weighted by Crippen LogP contribution is -2.29. The first-order chi connectivity index (χ1) is 16.1. The van der Waals surface area contributed by atoms with Crippen molar-refractivity contribution in [3.63, 3.8) is 0 Å². The van der Waals surface area contributed by atoms with Crippen molar-refractivity contribution in [1.29, 1.82) is 0 Å². The molecule has 0 radical (unpaired) electrons. The first-order valence-electron chi connectivity index (χ1n) is 11.3. The summed E-state index contributed by atoms with van der Waals surface area (Å²) in [7, 11) is 0. The van der Waals surface area contributed by atoms with Gasteiger partial charge in [-0.05, 0) is 61.3 Å². The number of nitrogens with zero attached hydrogens (tertiary/aromatic N) is 2. The zero-order chi connectivity index (χ0) is 22.8. The third kappa shape index (κ3) is 4.30. The van der Waals surface area contributed by atoms with E-state index >= 15 is 0 Å². The van der Waals surface area contributed by atoms with Crippen molar-refractivity contribution in [2.45, 2.75) is 25.9 Å². The number of hydrogen-bond acceptors (Lipinski definition) is 4. The van der Waals surface area contributed by atoms with Crippen LogP contribution in [0.2, 0.25) is 0 Å². The van der Waals surface area contributed by atoms with Crippen LogP contribution in [0.15, 0.2) is 72.8 Å². The van der Waals surface area contributed by atoms with Crippen molar-refractivity contribution in [1.82, 2.24) is 9.80 Å². The van der Waals surface area contributed by atoms with Gasteiger partial charge in [-0.2, -0.15) is 0 Å². The molecule has 1 saturated heterocycles. The van der Waals surface area contributed by atoms with Gasteiger partial charge in [0, 0.05) is 17.8 Å². The van der Waals surface area contributed by atoms with E-state index in [2.05, 4.69) is 10.2 Å². The Labute approximate surface area is 192 Å². The molecule has 3 amide bonds. The number of anilines is 1. The molecule has 0 atom stereocenters. The van der Waals surface area contributed by atoms with Gasteiger partial charge in [-0.3, -0.25) is 24.2 Å². The van der Waals surface area contributed by atoms with Crippen molar-refractivity contribution in [2.24, 2.45) is 0 Å². The predicted octanol–water partition coefficient (Wildman–Crippen LogP) is 4.33. The number of hydrogen-bond donors (Lipinski definition) is 1. The molecule has 0 unspecified atom stereocenters. The van der Waals surface area contributed by atoms with Gasteiger partial charge in [-0.1, -0.05) is 48.5 Å². The van der Waals surface area contributed by atoms with Crippen LogP contribution in [0.3, 0.4) is 0 Å². The summed E-state index contributed by atoms with van der Waals surface area (Å²) in [6, 6.07) is 21.9. The molecule has 33 heavy (non-hydrogen) atoms. The average Bonchev–Trinajstić information content (AvgIpc) is 3.43. The fourth-order valence-corrected chi connectivity index (χ4v) is 4.50. The quantitative estimate of drug-likeness (QED) is 0.581. The van der Waals surface area contributed by atoms with Gasteiger partial charge in [0.1, 0.15) is 0 Å². The highest BCUT2D eigenvalue weighted by Gasteiger charge is 2.36. The first-order valence-corrected chi connectivity index (χ1v) is 11.3. The number of fused-ring (bicyclic) bond motifs is 1. The molecule has 3 aromatic rings. The lowest BCUT2D eigenvalue weighted by molar-refractivity contribution is 0.0642. The lowest BCUT2D eigenvalue weighted by atomic mass is 10.0. The maximum Gasteiger partial charge on any atom is 0.261 e. The Kier molecular flexibility index (Phi) is 5.75. The van der Waals surface area contributed by atoms with E-state index in [0.29, 0.717) is 11.1 Å². The van der Waals surface area contributed by atoms with Crippen LogP contribution in [0.1, 0.15) is 55.0 Å². The number of amides is 3. The SMILES string of the molecule is O=C(Nc1ccccc1CN1CCCC1)c1ccc2c(c1)C(=O)N(Cc1ccccc1)C2=O. The topological polar surface area (TPSA) is 69.7 Å². The molecular weight excluding hydrogens is 414 g/mol. The molecular formula is C27H25N3O3. The van der Waals surface area contributed by atoms with Crippen LogP contribution in [0.5, 0.6) is 0 Å². The highest BCUT2D eigenvalue weighted by atomic mass is 16.2. The number of imide groups is 1. The maximum absolute atomic E-state index is 13.0. The second-order valence-corrected chi connectivity index (χ2v) is 8.54. The Hall–Kier alpha value is -3.77. The number of para-hydroxylation sites is 1. The van der Waals surface area contributed by atoms with Crippen LogP contribution >= 0.6 is 0 Å². The maximum atomic E-state index is 13.0. The third-order valence-electron chi connectivity index (χ3n) is 6.27. The molecule has 2 aliphatic heterocycles. The molecule has 5 rings (SSSR count). The van der Waals surface area contributed by atoms with Gasteiger partial charge in [0.25, 0.3) is 17.7 Å². The molecule has 1 fully saturated rings. The van der Waals surface area contributed by atoms with Crippen LogP contribution in [-0.4, -0.2) is 40.6 Å². The number of carbonyl (C=O) groups is 3. The van der Waals surface area contributed by atoms with E-state index in [0.717, 1.165) is 36.4 Å². The minimum Gasteiger partial charge on any atom is -0.322 e. The number of likely N-dealkylation sites (tertiary alicyclic amines) is 1. The summed E-state index contributed by atoms with van der Waals surface area (Å²) in [6.07, 6.45) is 2.41. The van der Waals surface area contributed by atoms with Crippen molar-refractivity contribution in [3.8, 4) is 0 Å². The summed E-state index contributed by atoms with van der Waals surface area (Å²) in [5.41, 5.74) is 3.67. The largest absolute Gasteiger partial charge is 0.322 e. The lowest BCUT2D eigenvalue weighted by Gasteiger charge is -2.18. The third-order valence-corrected chi connectivity index (χ3v) is 6.27. The summed E-state index contributed by atoms with van der Waals surface area (Å²) < 4.78 is 0. The molecule has 6 heteroatoms. The van der Waals surface area contributed by atoms with Gasteiger partial charge in [-0.25, -0.2) is 0 Å². The van der Waals surface area contributed by atoms with E-state index in [1.165, 1.54) is 23.8 Å². The van der Waals surface area contributed by atoms with Gasteiger partial charge in [0.05, 0.1) is 17.7 Å². The van der Waals surface area contributed by atoms with E-state index in [-0.39, 0.29) is 29.8 Å². The summed E-state index contributed by atoms with van der Waals surface area (Å²) in [6.45, 7) is 3.14. The van der Waals surface area contributed by atoms with Gasteiger partial charge in [0.2, 0.25) is 0 Å². The summed E-state index contributed by atoms with van der Waals surface area (Å²) in [5.74, 6) is -1.00. The van der Waals surface area contributed by atoms with Crippen molar-refractivity contribution in [2.75, 3.05) is 18.4 Å². The smallest absolute Gasteiger partial charge is 0.261 e. The van der Waals surface area contributed by atoms with Crippen LogP contribution in [-0.2, 0) is 13.1 Å². The van der Waals surface area contributed by atoms with E-state index in [9.17, 15) is 14.4 Å². The van der Waals surface area contributed by atoms with Crippen molar-refractivity contribution in [3.05, 3.63) is 101 Å². The fraction of sp³-hybridized carbons (Fsp3) is 0.222. The summed E-state index contributed by atoms with van der Waals surface area (Å²) in [4.78, 5) is 42.4. The Morgan fingerprint density at radius 3 is 2.27 bits per heavy atom. The molecule has 2 heterocycles. The van der Waals surface area contributed by atoms with Crippen molar-refractivity contribution >= 4 is 23.4 Å². The molecule has 6 nitrogen and oxygen atoms in total. The van der Waals surface area contributed by atoms with Crippen molar-refractivity contribution < 1.29 is 14.4 Å². The van der Waals surface area contributed by atoms with Crippen LogP contribution in [0, 0.1) is 0 Å². The minimum atomic E-state index is -0.372. The van der Waals surface area contributed by atoms with Gasteiger partial charge in [-0.15, -0.1) is 0 Å². The average molecular weight is 440 g/mol. The Morgan fingerprint density at radius 2 is 1.48 bits per heavy atom.